The van der Waals surface area contributed by atoms with Crippen molar-refractivity contribution in [1.29, 1.82) is 0 Å². The lowest BCUT2D eigenvalue weighted by Crippen LogP contribution is -2.12. The standard InChI is InChI=1S/C19H16F2N2O3S/c1-11-22-15(10-27-11)12-3-6-14(7-4-12)23-18(24)13-5-8-16(26-19(20)21)17(9-13)25-2/h3-10,19H,1-2H3,(H,23,24). The van der Waals surface area contributed by atoms with Crippen molar-refractivity contribution < 1.29 is 23.0 Å². The minimum atomic E-state index is -2.97. The molecule has 27 heavy (non-hydrogen) atoms. The average molecular weight is 390 g/mol. The zero-order valence-corrected chi connectivity index (χ0v) is 15.3. The highest BCUT2D eigenvalue weighted by Crippen LogP contribution is 2.30. The third kappa shape index (κ3) is 4.59. The number of carbonyl (C=O) groups excluding carboxylic acids is 1. The van der Waals surface area contributed by atoms with Crippen LogP contribution in [-0.4, -0.2) is 24.6 Å². The minimum Gasteiger partial charge on any atom is -0.493 e. The van der Waals surface area contributed by atoms with Crippen molar-refractivity contribution in [1.82, 2.24) is 4.98 Å². The van der Waals surface area contributed by atoms with Gasteiger partial charge in [-0.1, -0.05) is 12.1 Å². The van der Waals surface area contributed by atoms with Gasteiger partial charge in [-0.15, -0.1) is 11.3 Å². The highest BCUT2D eigenvalue weighted by Gasteiger charge is 2.14. The third-order valence-corrected chi connectivity index (χ3v) is 4.47. The molecule has 0 radical (unpaired) electrons. The van der Waals surface area contributed by atoms with E-state index >= 15 is 0 Å². The number of carbonyl (C=O) groups is 1. The van der Waals surface area contributed by atoms with Crippen LogP contribution in [0.15, 0.2) is 47.8 Å². The number of aryl methyl sites for hydroxylation is 1. The summed E-state index contributed by atoms with van der Waals surface area (Å²) in [6.45, 7) is -1.03. The number of halogens is 2. The second kappa shape index (κ2) is 8.13. The number of hydrogen-bond donors (Lipinski definition) is 1. The number of methoxy groups -OCH3 is 1. The molecule has 3 rings (SSSR count). The van der Waals surface area contributed by atoms with E-state index in [9.17, 15) is 13.6 Å². The van der Waals surface area contributed by atoms with Crippen molar-refractivity contribution in [2.75, 3.05) is 12.4 Å². The fraction of sp³-hybridized carbons (Fsp3) is 0.158. The van der Waals surface area contributed by atoms with Crippen molar-refractivity contribution in [3.8, 4) is 22.8 Å². The molecule has 0 saturated carbocycles. The quantitative estimate of drug-likeness (QED) is 0.645. The van der Waals surface area contributed by atoms with Gasteiger partial charge in [-0.3, -0.25) is 4.79 Å². The Morgan fingerprint density at radius 2 is 1.89 bits per heavy atom. The largest absolute Gasteiger partial charge is 0.493 e. The monoisotopic (exact) mass is 390 g/mol. The molecule has 140 valence electrons. The van der Waals surface area contributed by atoms with Gasteiger partial charge < -0.3 is 14.8 Å². The number of hydrogen-bond acceptors (Lipinski definition) is 5. The van der Waals surface area contributed by atoms with Crippen molar-refractivity contribution >= 4 is 22.9 Å². The summed E-state index contributed by atoms with van der Waals surface area (Å²) < 4.78 is 34.1. The van der Waals surface area contributed by atoms with Crippen LogP contribution in [0.2, 0.25) is 0 Å². The summed E-state index contributed by atoms with van der Waals surface area (Å²) in [6.07, 6.45) is 0. The van der Waals surface area contributed by atoms with E-state index in [1.807, 2.05) is 24.4 Å². The Balaban J connectivity index is 1.73. The van der Waals surface area contributed by atoms with Gasteiger partial charge in [-0.25, -0.2) is 4.98 Å². The summed E-state index contributed by atoms with van der Waals surface area (Å²) in [5.41, 5.74) is 2.69. The molecule has 1 heterocycles. The van der Waals surface area contributed by atoms with Crippen LogP contribution in [0.25, 0.3) is 11.3 Å². The zero-order chi connectivity index (χ0) is 19.4. The molecule has 2 aromatic carbocycles. The molecular weight excluding hydrogens is 374 g/mol. The van der Waals surface area contributed by atoms with E-state index in [4.69, 9.17) is 4.74 Å². The second-order valence-electron chi connectivity index (χ2n) is 5.53. The van der Waals surface area contributed by atoms with Gasteiger partial charge in [-0.05, 0) is 37.3 Å². The van der Waals surface area contributed by atoms with Crippen LogP contribution in [0.1, 0.15) is 15.4 Å². The Bertz CT molecular complexity index is 942. The van der Waals surface area contributed by atoms with Crippen molar-refractivity contribution in [3.05, 3.63) is 58.4 Å². The lowest BCUT2D eigenvalue weighted by Gasteiger charge is -2.11. The summed E-state index contributed by atoms with van der Waals surface area (Å²) in [7, 11) is 1.31. The maximum absolute atomic E-state index is 12.4. The summed E-state index contributed by atoms with van der Waals surface area (Å²) in [5, 5.41) is 5.70. The molecule has 3 aromatic rings. The first-order valence-corrected chi connectivity index (χ1v) is 8.81. The van der Waals surface area contributed by atoms with Crippen LogP contribution in [0.3, 0.4) is 0 Å². The van der Waals surface area contributed by atoms with E-state index in [1.54, 1.807) is 23.5 Å². The first kappa shape index (κ1) is 18.8. The van der Waals surface area contributed by atoms with Gasteiger partial charge in [0.15, 0.2) is 11.5 Å². The summed E-state index contributed by atoms with van der Waals surface area (Å²) >= 11 is 1.57. The fourth-order valence-electron chi connectivity index (χ4n) is 2.43. The van der Waals surface area contributed by atoms with E-state index < -0.39 is 12.5 Å². The maximum Gasteiger partial charge on any atom is 0.387 e. The van der Waals surface area contributed by atoms with Crippen molar-refractivity contribution in [2.45, 2.75) is 13.5 Å². The number of alkyl halides is 2. The number of nitrogens with zero attached hydrogens (tertiary/aromatic N) is 1. The smallest absolute Gasteiger partial charge is 0.387 e. The second-order valence-corrected chi connectivity index (χ2v) is 6.59. The molecule has 0 saturated heterocycles. The average Bonchev–Trinajstić information content (AvgIpc) is 3.08. The zero-order valence-electron chi connectivity index (χ0n) is 14.5. The van der Waals surface area contributed by atoms with Crippen LogP contribution >= 0.6 is 11.3 Å². The number of ether oxygens (including phenoxy) is 2. The fourth-order valence-corrected chi connectivity index (χ4v) is 3.05. The predicted molar refractivity (Wildman–Crippen MR) is 99.9 cm³/mol. The summed E-state index contributed by atoms with van der Waals surface area (Å²) in [6, 6.07) is 11.3. The van der Waals surface area contributed by atoms with E-state index in [2.05, 4.69) is 15.0 Å². The van der Waals surface area contributed by atoms with E-state index in [0.29, 0.717) is 5.69 Å². The Labute approximate surface area is 158 Å². The highest BCUT2D eigenvalue weighted by molar-refractivity contribution is 7.09. The predicted octanol–water partition coefficient (Wildman–Crippen LogP) is 4.98. The Hall–Kier alpha value is -3.00. The van der Waals surface area contributed by atoms with Gasteiger partial charge in [0.05, 0.1) is 17.8 Å². The van der Waals surface area contributed by atoms with Gasteiger partial charge in [0.2, 0.25) is 0 Å². The Morgan fingerprint density at radius 3 is 2.48 bits per heavy atom. The summed E-state index contributed by atoms with van der Waals surface area (Å²) in [5.74, 6) is -0.474. The van der Waals surface area contributed by atoms with Crippen LogP contribution < -0.4 is 14.8 Å². The lowest BCUT2D eigenvalue weighted by molar-refractivity contribution is -0.0512. The molecule has 1 aromatic heterocycles. The molecule has 0 atom stereocenters. The molecule has 0 unspecified atom stereocenters. The number of benzene rings is 2. The SMILES string of the molecule is COc1cc(C(=O)Nc2ccc(-c3csc(C)n3)cc2)ccc1OC(F)F. The topological polar surface area (TPSA) is 60.5 Å². The number of nitrogens with one attached hydrogen (secondary N) is 1. The first-order chi connectivity index (χ1) is 13.0. The molecule has 1 N–H and O–H groups in total. The molecule has 0 aliphatic rings. The number of rotatable bonds is 6. The first-order valence-electron chi connectivity index (χ1n) is 7.93. The number of thiazole rings is 1. The number of aromatic nitrogens is 1. The Kier molecular flexibility index (Phi) is 5.66. The van der Waals surface area contributed by atoms with Gasteiger partial charge in [0.1, 0.15) is 0 Å². The van der Waals surface area contributed by atoms with E-state index in [1.165, 1.54) is 25.3 Å². The van der Waals surface area contributed by atoms with Crippen molar-refractivity contribution in [3.63, 3.8) is 0 Å². The molecule has 1 amide bonds. The van der Waals surface area contributed by atoms with E-state index in [0.717, 1.165) is 16.3 Å². The van der Waals surface area contributed by atoms with Gasteiger partial charge in [0, 0.05) is 22.2 Å². The Morgan fingerprint density at radius 1 is 1.15 bits per heavy atom. The van der Waals surface area contributed by atoms with Crippen LogP contribution in [-0.2, 0) is 0 Å². The highest BCUT2D eigenvalue weighted by atomic mass is 32.1. The number of amides is 1. The van der Waals surface area contributed by atoms with Gasteiger partial charge in [-0.2, -0.15) is 8.78 Å². The third-order valence-electron chi connectivity index (χ3n) is 3.70. The molecule has 8 heteroatoms. The maximum atomic E-state index is 12.4. The molecule has 0 aliphatic carbocycles. The molecule has 5 nitrogen and oxygen atoms in total. The van der Waals surface area contributed by atoms with Gasteiger partial charge >= 0.3 is 6.61 Å². The van der Waals surface area contributed by atoms with Crippen LogP contribution in [0, 0.1) is 6.92 Å². The van der Waals surface area contributed by atoms with E-state index in [-0.39, 0.29) is 17.1 Å². The van der Waals surface area contributed by atoms with Crippen LogP contribution in [0.5, 0.6) is 11.5 Å². The van der Waals surface area contributed by atoms with Crippen molar-refractivity contribution in [2.24, 2.45) is 0 Å². The van der Waals surface area contributed by atoms with Gasteiger partial charge in [0.25, 0.3) is 5.91 Å². The normalized spacial score (nSPS) is 10.7. The lowest BCUT2D eigenvalue weighted by atomic mass is 10.1. The molecular formula is C19H16F2N2O3S. The molecule has 0 fully saturated rings. The summed E-state index contributed by atoms with van der Waals surface area (Å²) in [4.78, 5) is 16.8. The molecule has 0 bridgehead atoms. The molecule has 0 aliphatic heterocycles. The minimum absolute atomic E-state index is 0.0530. The number of anilines is 1. The van der Waals surface area contributed by atoms with Crippen LogP contribution in [0.4, 0.5) is 14.5 Å². The molecule has 0 spiro atoms.